The van der Waals surface area contributed by atoms with Crippen molar-refractivity contribution >= 4 is 11.9 Å². The number of hydrogen-bond acceptors (Lipinski definition) is 6. The van der Waals surface area contributed by atoms with Crippen LogP contribution in [0.2, 0.25) is 0 Å². The molecule has 1 aromatic rings. The van der Waals surface area contributed by atoms with E-state index < -0.39 is 0 Å². The fraction of sp³-hybridized carbons (Fsp3) is 0.727. The minimum absolute atomic E-state index is 0.165. The Morgan fingerprint density at radius 3 is 2.29 bits per heavy atom. The molecule has 0 aliphatic heterocycles. The lowest BCUT2D eigenvalue weighted by molar-refractivity contribution is 0.312. The molecule has 0 aliphatic rings. The predicted molar refractivity (Wildman–Crippen MR) is 68.5 cm³/mol. The van der Waals surface area contributed by atoms with Crippen molar-refractivity contribution < 1.29 is 4.74 Å². The van der Waals surface area contributed by atoms with Crippen LogP contribution in [-0.2, 0) is 0 Å². The van der Waals surface area contributed by atoms with Crippen LogP contribution in [0, 0.1) is 5.41 Å². The fourth-order valence-electron chi connectivity index (χ4n) is 1.09. The highest BCUT2D eigenvalue weighted by Crippen LogP contribution is 2.15. The van der Waals surface area contributed by atoms with Crippen molar-refractivity contribution in [3.8, 4) is 6.01 Å². The van der Waals surface area contributed by atoms with E-state index in [1.54, 1.807) is 7.05 Å². The Kier molecular flexibility index (Phi) is 4.48. The highest BCUT2D eigenvalue weighted by molar-refractivity contribution is 5.35. The zero-order valence-electron chi connectivity index (χ0n) is 11.2. The monoisotopic (exact) mass is 239 g/mol. The van der Waals surface area contributed by atoms with E-state index in [0.29, 0.717) is 24.5 Å². The summed E-state index contributed by atoms with van der Waals surface area (Å²) in [7, 11) is 1.76. The van der Waals surface area contributed by atoms with Crippen LogP contribution in [0.25, 0.3) is 0 Å². The first-order valence-corrected chi connectivity index (χ1v) is 5.75. The van der Waals surface area contributed by atoms with Crippen molar-refractivity contribution in [2.24, 2.45) is 5.41 Å². The summed E-state index contributed by atoms with van der Waals surface area (Å²) in [6.45, 7) is 9.64. The zero-order valence-corrected chi connectivity index (χ0v) is 11.2. The average molecular weight is 239 g/mol. The van der Waals surface area contributed by atoms with Crippen LogP contribution in [0.3, 0.4) is 0 Å². The summed E-state index contributed by atoms with van der Waals surface area (Å²) < 4.78 is 5.28. The topological polar surface area (TPSA) is 72.0 Å². The Morgan fingerprint density at radius 2 is 1.76 bits per heavy atom. The molecule has 1 aromatic heterocycles. The molecule has 0 spiro atoms. The second kappa shape index (κ2) is 5.65. The molecule has 0 saturated carbocycles. The van der Waals surface area contributed by atoms with Gasteiger partial charge in [-0.2, -0.15) is 15.0 Å². The van der Waals surface area contributed by atoms with Gasteiger partial charge in [0.2, 0.25) is 11.9 Å². The van der Waals surface area contributed by atoms with Gasteiger partial charge in [-0.1, -0.05) is 20.8 Å². The Bertz CT molecular complexity index is 361. The van der Waals surface area contributed by atoms with E-state index >= 15 is 0 Å². The molecule has 96 valence electrons. The number of anilines is 2. The largest absolute Gasteiger partial charge is 0.464 e. The van der Waals surface area contributed by atoms with Crippen LogP contribution in [0.4, 0.5) is 11.9 Å². The van der Waals surface area contributed by atoms with E-state index in [1.165, 1.54) is 0 Å². The van der Waals surface area contributed by atoms with Crippen LogP contribution < -0.4 is 15.4 Å². The smallest absolute Gasteiger partial charge is 0.323 e. The van der Waals surface area contributed by atoms with E-state index in [9.17, 15) is 0 Å². The quantitative estimate of drug-likeness (QED) is 0.816. The minimum atomic E-state index is 0.165. The van der Waals surface area contributed by atoms with Crippen LogP contribution in [-0.4, -0.2) is 35.2 Å². The number of hydrogen-bond donors (Lipinski definition) is 2. The van der Waals surface area contributed by atoms with E-state index in [1.807, 2.05) is 6.92 Å². The van der Waals surface area contributed by atoms with Crippen molar-refractivity contribution in [3.63, 3.8) is 0 Å². The molecular formula is C11H21N5O. The fourth-order valence-corrected chi connectivity index (χ4v) is 1.09. The normalized spacial score (nSPS) is 11.1. The van der Waals surface area contributed by atoms with Gasteiger partial charge in [-0.25, -0.2) is 0 Å². The summed E-state index contributed by atoms with van der Waals surface area (Å²) in [5.41, 5.74) is 0.165. The van der Waals surface area contributed by atoms with Crippen LogP contribution in [0.5, 0.6) is 6.01 Å². The molecule has 0 fully saturated rings. The minimum Gasteiger partial charge on any atom is -0.464 e. The second-order valence-electron chi connectivity index (χ2n) is 4.86. The van der Waals surface area contributed by atoms with Gasteiger partial charge in [0.1, 0.15) is 0 Å². The molecule has 0 aromatic carbocycles. The molecule has 6 heteroatoms. The Balaban J connectivity index is 2.79. The van der Waals surface area contributed by atoms with Crippen molar-refractivity contribution in [1.29, 1.82) is 0 Å². The van der Waals surface area contributed by atoms with Crippen molar-refractivity contribution in [2.75, 3.05) is 30.8 Å². The maximum absolute atomic E-state index is 5.28. The van der Waals surface area contributed by atoms with E-state index in [0.717, 1.165) is 6.54 Å². The number of nitrogens with one attached hydrogen (secondary N) is 2. The lowest BCUT2D eigenvalue weighted by Crippen LogP contribution is -2.21. The maximum atomic E-state index is 5.28. The molecule has 0 aliphatic carbocycles. The van der Waals surface area contributed by atoms with Crippen molar-refractivity contribution in [1.82, 2.24) is 15.0 Å². The number of ether oxygens (including phenoxy) is 1. The first-order chi connectivity index (χ1) is 7.94. The molecule has 1 rings (SSSR count). The standard InChI is InChI=1S/C11H21N5O/c1-6-17-10-15-8(12-5)14-9(16-10)13-7-11(2,3)4/h6-7H2,1-5H3,(H2,12,13,14,15,16). The van der Waals surface area contributed by atoms with Crippen molar-refractivity contribution in [3.05, 3.63) is 0 Å². The molecule has 6 nitrogen and oxygen atoms in total. The highest BCUT2D eigenvalue weighted by atomic mass is 16.5. The van der Waals surface area contributed by atoms with Gasteiger partial charge in [0.25, 0.3) is 0 Å². The van der Waals surface area contributed by atoms with Gasteiger partial charge in [0.05, 0.1) is 6.61 Å². The Labute approximate surface area is 102 Å². The number of aromatic nitrogens is 3. The van der Waals surface area contributed by atoms with Gasteiger partial charge >= 0.3 is 6.01 Å². The summed E-state index contributed by atoms with van der Waals surface area (Å²) in [6, 6.07) is 0.336. The number of nitrogens with zero attached hydrogens (tertiary/aromatic N) is 3. The SMILES string of the molecule is CCOc1nc(NC)nc(NCC(C)(C)C)n1. The van der Waals surface area contributed by atoms with Crippen LogP contribution >= 0.6 is 0 Å². The summed E-state index contributed by atoms with van der Waals surface area (Å²) in [6.07, 6.45) is 0. The third-order valence-corrected chi connectivity index (χ3v) is 1.89. The molecule has 0 bridgehead atoms. The van der Waals surface area contributed by atoms with Gasteiger partial charge in [-0.15, -0.1) is 0 Å². The van der Waals surface area contributed by atoms with Gasteiger partial charge in [-0.05, 0) is 12.3 Å². The summed E-state index contributed by atoms with van der Waals surface area (Å²) in [5, 5.41) is 6.06. The third-order valence-electron chi connectivity index (χ3n) is 1.89. The molecule has 0 amide bonds. The lowest BCUT2D eigenvalue weighted by Gasteiger charge is -2.18. The van der Waals surface area contributed by atoms with Gasteiger partial charge in [0, 0.05) is 13.6 Å². The first-order valence-electron chi connectivity index (χ1n) is 5.75. The molecule has 17 heavy (non-hydrogen) atoms. The van der Waals surface area contributed by atoms with Crippen LogP contribution in [0.1, 0.15) is 27.7 Å². The van der Waals surface area contributed by atoms with Gasteiger partial charge in [-0.3, -0.25) is 0 Å². The summed E-state index contributed by atoms with van der Waals surface area (Å²) in [4.78, 5) is 12.5. The predicted octanol–water partition coefficient (Wildman–Crippen LogP) is 1.77. The molecular weight excluding hydrogens is 218 g/mol. The van der Waals surface area contributed by atoms with Crippen molar-refractivity contribution in [2.45, 2.75) is 27.7 Å². The second-order valence-corrected chi connectivity index (χ2v) is 4.86. The van der Waals surface area contributed by atoms with Gasteiger partial charge < -0.3 is 15.4 Å². The van der Waals surface area contributed by atoms with E-state index in [2.05, 4.69) is 46.4 Å². The molecule has 1 heterocycles. The molecule has 2 N–H and O–H groups in total. The average Bonchev–Trinajstić information content (AvgIpc) is 2.25. The Hall–Kier alpha value is -1.59. The highest BCUT2D eigenvalue weighted by Gasteiger charge is 2.12. The summed E-state index contributed by atoms with van der Waals surface area (Å²) >= 11 is 0. The molecule has 0 radical (unpaired) electrons. The maximum Gasteiger partial charge on any atom is 0.323 e. The number of rotatable bonds is 5. The first kappa shape index (κ1) is 13.5. The summed E-state index contributed by atoms with van der Waals surface area (Å²) in [5.74, 6) is 1.03. The van der Waals surface area contributed by atoms with E-state index in [4.69, 9.17) is 4.74 Å². The molecule has 0 atom stereocenters. The molecule has 0 saturated heterocycles. The lowest BCUT2D eigenvalue weighted by atomic mass is 9.97. The zero-order chi connectivity index (χ0) is 12.9. The van der Waals surface area contributed by atoms with E-state index in [-0.39, 0.29) is 5.41 Å². The Morgan fingerprint density at radius 1 is 1.12 bits per heavy atom. The van der Waals surface area contributed by atoms with Gasteiger partial charge in [0.15, 0.2) is 0 Å². The third kappa shape index (κ3) is 4.84. The molecule has 0 unspecified atom stereocenters. The van der Waals surface area contributed by atoms with Crippen LogP contribution in [0.15, 0.2) is 0 Å².